The average molecular weight is 377 g/mol. The largest absolute Gasteiger partial charge is 0.439 e. The van der Waals surface area contributed by atoms with Gasteiger partial charge in [-0.05, 0) is 30.4 Å². The van der Waals surface area contributed by atoms with Gasteiger partial charge in [0.2, 0.25) is 5.91 Å². The predicted octanol–water partition coefficient (Wildman–Crippen LogP) is 5.46. The van der Waals surface area contributed by atoms with E-state index in [1.54, 1.807) is 0 Å². The quantitative estimate of drug-likeness (QED) is 0.695. The number of amides is 2. The zero-order chi connectivity index (χ0) is 19.5. The van der Waals surface area contributed by atoms with Crippen LogP contribution in [0.5, 0.6) is 0 Å². The third-order valence-corrected chi connectivity index (χ3v) is 6.18. The van der Waals surface area contributed by atoms with Crippen molar-refractivity contribution in [3.8, 4) is 0 Å². The van der Waals surface area contributed by atoms with Crippen LogP contribution in [0.3, 0.4) is 0 Å². The van der Waals surface area contributed by atoms with Crippen LogP contribution in [0.15, 0.2) is 60.7 Å². The minimum atomic E-state index is -0.529. The fourth-order valence-corrected chi connectivity index (χ4v) is 4.66. The number of nitrogens with zero attached hydrogens (tertiary/aromatic N) is 1. The Bertz CT molecular complexity index is 814. The maximum Gasteiger partial charge on any atom is 0.417 e. The lowest BCUT2D eigenvalue weighted by atomic mass is 9.86. The molecule has 146 valence electrons. The van der Waals surface area contributed by atoms with Crippen molar-refractivity contribution in [3.63, 3.8) is 0 Å². The van der Waals surface area contributed by atoms with Gasteiger partial charge < -0.3 is 4.74 Å². The molecular formula is C24H27NO3. The Morgan fingerprint density at radius 3 is 2.29 bits per heavy atom. The number of rotatable bonds is 5. The molecule has 2 aromatic rings. The third kappa shape index (κ3) is 3.68. The van der Waals surface area contributed by atoms with Crippen LogP contribution in [0.25, 0.3) is 0 Å². The molecule has 4 heteroatoms. The Labute approximate surface area is 166 Å². The highest BCUT2D eigenvalue weighted by Crippen LogP contribution is 2.39. The Kier molecular flexibility index (Phi) is 5.47. The van der Waals surface area contributed by atoms with Crippen molar-refractivity contribution >= 4 is 12.0 Å². The fraction of sp³-hybridized carbons (Fsp3) is 0.417. The number of imide groups is 1. The maximum atomic E-state index is 13.6. The SMILES string of the molecule is C[C@@H]1[C@H](c2ccccc2)OC(=O)N1C(=O)C(CC1CCCC1)c1ccccc1. The van der Waals surface area contributed by atoms with Crippen LogP contribution in [0.2, 0.25) is 0 Å². The van der Waals surface area contributed by atoms with E-state index >= 15 is 0 Å². The standard InChI is InChI=1S/C24H27NO3/c1-17-22(20-14-6-3-7-15-20)28-24(27)25(17)23(26)21(16-18-10-8-9-11-18)19-12-4-2-5-13-19/h2-7,12-15,17-18,21-22H,8-11,16H2,1H3/t17-,21?,22-/m1/s1. The number of ether oxygens (including phenoxy) is 1. The molecule has 0 spiro atoms. The summed E-state index contributed by atoms with van der Waals surface area (Å²) in [5, 5.41) is 0. The lowest BCUT2D eigenvalue weighted by molar-refractivity contribution is -0.131. The molecule has 2 aromatic carbocycles. The second kappa shape index (κ2) is 8.17. The van der Waals surface area contributed by atoms with Crippen molar-refractivity contribution in [1.29, 1.82) is 0 Å². The van der Waals surface area contributed by atoms with E-state index in [0.29, 0.717) is 5.92 Å². The van der Waals surface area contributed by atoms with Crippen LogP contribution >= 0.6 is 0 Å². The van der Waals surface area contributed by atoms with E-state index < -0.39 is 12.2 Å². The first-order valence-corrected chi connectivity index (χ1v) is 10.3. The molecule has 2 aliphatic rings. The number of hydrogen-bond acceptors (Lipinski definition) is 3. The first-order valence-electron chi connectivity index (χ1n) is 10.3. The van der Waals surface area contributed by atoms with Crippen LogP contribution in [0.4, 0.5) is 4.79 Å². The van der Waals surface area contributed by atoms with E-state index in [0.717, 1.165) is 17.5 Å². The molecular weight excluding hydrogens is 350 g/mol. The summed E-state index contributed by atoms with van der Waals surface area (Å²) in [6.07, 6.45) is 4.67. The monoisotopic (exact) mass is 377 g/mol. The smallest absolute Gasteiger partial charge is 0.417 e. The minimum Gasteiger partial charge on any atom is -0.439 e. The molecule has 1 unspecified atom stereocenters. The first kappa shape index (κ1) is 18.7. The fourth-order valence-electron chi connectivity index (χ4n) is 4.66. The highest BCUT2D eigenvalue weighted by atomic mass is 16.6. The van der Waals surface area contributed by atoms with E-state index in [1.807, 2.05) is 67.6 Å². The topological polar surface area (TPSA) is 46.6 Å². The van der Waals surface area contributed by atoms with E-state index in [9.17, 15) is 9.59 Å². The zero-order valence-electron chi connectivity index (χ0n) is 16.3. The lowest BCUT2D eigenvalue weighted by Crippen LogP contribution is -2.41. The maximum absolute atomic E-state index is 13.6. The van der Waals surface area contributed by atoms with Crippen LogP contribution in [0.1, 0.15) is 62.2 Å². The van der Waals surface area contributed by atoms with Gasteiger partial charge in [-0.15, -0.1) is 0 Å². The summed E-state index contributed by atoms with van der Waals surface area (Å²) in [6, 6.07) is 19.2. The molecule has 1 heterocycles. The summed E-state index contributed by atoms with van der Waals surface area (Å²) >= 11 is 0. The van der Waals surface area contributed by atoms with Gasteiger partial charge in [0.25, 0.3) is 0 Å². The molecule has 0 N–H and O–H groups in total. The molecule has 0 aromatic heterocycles. The number of carbonyl (C=O) groups excluding carboxylic acids is 2. The van der Waals surface area contributed by atoms with Crippen molar-refractivity contribution < 1.29 is 14.3 Å². The Balaban J connectivity index is 1.59. The molecule has 2 amide bonds. The Hall–Kier alpha value is -2.62. The molecule has 1 saturated heterocycles. The molecule has 0 bridgehead atoms. The Morgan fingerprint density at radius 2 is 1.64 bits per heavy atom. The highest BCUT2D eigenvalue weighted by Gasteiger charge is 2.45. The normalized spacial score (nSPS) is 23.6. The summed E-state index contributed by atoms with van der Waals surface area (Å²) in [6.45, 7) is 1.90. The first-order chi connectivity index (χ1) is 13.6. The molecule has 4 nitrogen and oxygen atoms in total. The highest BCUT2D eigenvalue weighted by molar-refractivity contribution is 5.97. The molecule has 4 rings (SSSR count). The molecule has 1 saturated carbocycles. The summed E-state index contributed by atoms with van der Waals surface area (Å²) in [4.78, 5) is 27.6. The third-order valence-electron chi connectivity index (χ3n) is 6.18. The molecule has 0 radical (unpaired) electrons. The molecule has 28 heavy (non-hydrogen) atoms. The van der Waals surface area contributed by atoms with Gasteiger partial charge in [0, 0.05) is 0 Å². The number of benzene rings is 2. The van der Waals surface area contributed by atoms with Gasteiger partial charge in [-0.2, -0.15) is 0 Å². The average Bonchev–Trinajstić information content (AvgIpc) is 3.34. The zero-order valence-corrected chi connectivity index (χ0v) is 16.3. The van der Waals surface area contributed by atoms with Crippen molar-refractivity contribution in [3.05, 3.63) is 71.8 Å². The summed E-state index contributed by atoms with van der Waals surface area (Å²) in [7, 11) is 0. The summed E-state index contributed by atoms with van der Waals surface area (Å²) < 4.78 is 5.62. The van der Waals surface area contributed by atoms with E-state index in [-0.39, 0.29) is 17.9 Å². The molecule has 3 atom stereocenters. The van der Waals surface area contributed by atoms with Crippen molar-refractivity contribution in [2.75, 3.05) is 0 Å². The lowest BCUT2D eigenvalue weighted by Gasteiger charge is -2.26. The van der Waals surface area contributed by atoms with Gasteiger partial charge >= 0.3 is 6.09 Å². The van der Waals surface area contributed by atoms with E-state index in [2.05, 4.69) is 0 Å². The van der Waals surface area contributed by atoms with Crippen molar-refractivity contribution in [2.45, 2.75) is 57.1 Å². The van der Waals surface area contributed by atoms with Crippen molar-refractivity contribution in [2.24, 2.45) is 5.92 Å². The van der Waals surface area contributed by atoms with Gasteiger partial charge in [0.1, 0.15) is 6.10 Å². The second-order valence-electron chi connectivity index (χ2n) is 8.01. The van der Waals surface area contributed by atoms with Crippen LogP contribution in [0, 0.1) is 5.92 Å². The van der Waals surface area contributed by atoms with Crippen molar-refractivity contribution in [1.82, 2.24) is 4.90 Å². The van der Waals surface area contributed by atoms with Gasteiger partial charge in [-0.3, -0.25) is 4.79 Å². The molecule has 2 fully saturated rings. The van der Waals surface area contributed by atoms with E-state index in [1.165, 1.54) is 30.6 Å². The molecule has 1 aliphatic heterocycles. The number of cyclic esters (lactones) is 1. The van der Waals surface area contributed by atoms with Gasteiger partial charge in [0.15, 0.2) is 0 Å². The number of carbonyl (C=O) groups is 2. The predicted molar refractivity (Wildman–Crippen MR) is 108 cm³/mol. The van der Waals surface area contributed by atoms with Crippen LogP contribution in [-0.2, 0) is 9.53 Å². The number of hydrogen-bond donors (Lipinski definition) is 0. The molecule has 1 aliphatic carbocycles. The second-order valence-corrected chi connectivity index (χ2v) is 8.01. The van der Waals surface area contributed by atoms with E-state index in [4.69, 9.17) is 4.74 Å². The Morgan fingerprint density at radius 1 is 1.04 bits per heavy atom. The summed E-state index contributed by atoms with van der Waals surface area (Å²) in [5.41, 5.74) is 1.91. The van der Waals surface area contributed by atoms with Gasteiger partial charge in [0.05, 0.1) is 12.0 Å². The minimum absolute atomic E-state index is 0.131. The van der Waals surface area contributed by atoms with Crippen LogP contribution in [-0.4, -0.2) is 22.9 Å². The van der Waals surface area contributed by atoms with Crippen LogP contribution < -0.4 is 0 Å². The summed E-state index contributed by atoms with van der Waals surface area (Å²) in [5.74, 6) is 0.121. The van der Waals surface area contributed by atoms with Gasteiger partial charge in [-0.25, -0.2) is 9.69 Å². The van der Waals surface area contributed by atoms with Gasteiger partial charge in [-0.1, -0.05) is 86.3 Å².